The van der Waals surface area contributed by atoms with E-state index in [0.29, 0.717) is 16.9 Å². The fourth-order valence-electron chi connectivity index (χ4n) is 4.08. The van der Waals surface area contributed by atoms with E-state index >= 15 is 0 Å². The van der Waals surface area contributed by atoms with E-state index in [1.165, 1.54) is 23.0 Å². The summed E-state index contributed by atoms with van der Waals surface area (Å²) in [6.07, 6.45) is 4.33. The summed E-state index contributed by atoms with van der Waals surface area (Å²) in [4.78, 5) is 19.3. The summed E-state index contributed by atoms with van der Waals surface area (Å²) in [6, 6.07) is 18.4. The Hall–Kier alpha value is -3.10. The zero-order valence-corrected chi connectivity index (χ0v) is 21.3. The predicted molar refractivity (Wildman–Crippen MR) is 143 cm³/mol. The number of piperazine rings is 1. The Kier molecular flexibility index (Phi) is 8.97. The third-order valence-electron chi connectivity index (χ3n) is 6.17. The summed E-state index contributed by atoms with van der Waals surface area (Å²) in [7, 11) is 0. The van der Waals surface area contributed by atoms with Gasteiger partial charge in [-0.15, -0.1) is 10.2 Å². The molecule has 7 nitrogen and oxygen atoms in total. The molecule has 1 saturated heterocycles. The monoisotopic (exact) mass is 491 g/mol. The first-order valence-electron chi connectivity index (χ1n) is 12.2. The number of amides is 1. The smallest absolute Gasteiger partial charge is 0.277 e. The van der Waals surface area contributed by atoms with Gasteiger partial charge in [0.25, 0.3) is 5.22 Å². The van der Waals surface area contributed by atoms with E-state index in [4.69, 9.17) is 4.42 Å². The summed E-state index contributed by atoms with van der Waals surface area (Å²) in [5.74, 6) is 0.886. The molecule has 1 fully saturated rings. The van der Waals surface area contributed by atoms with Crippen LogP contribution in [0, 0.1) is 0 Å². The number of benzene rings is 2. The van der Waals surface area contributed by atoms with Crippen molar-refractivity contribution in [3.63, 3.8) is 0 Å². The third-order valence-corrected chi connectivity index (χ3v) is 6.97. The highest BCUT2D eigenvalue weighted by Gasteiger charge is 2.21. The lowest BCUT2D eigenvalue weighted by atomic mass is 10.2. The molecular formula is C27H33N5O2S. The van der Waals surface area contributed by atoms with Gasteiger partial charge in [0, 0.05) is 57.1 Å². The highest BCUT2D eigenvalue weighted by atomic mass is 32.2. The van der Waals surface area contributed by atoms with Crippen LogP contribution >= 0.6 is 11.8 Å². The maximum absolute atomic E-state index is 12.7. The van der Waals surface area contributed by atoms with E-state index in [-0.39, 0.29) is 5.91 Å². The van der Waals surface area contributed by atoms with Gasteiger partial charge in [-0.2, -0.15) is 0 Å². The second-order valence-corrected chi connectivity index (χ2v) is 9.30. The van der Waals surface area contributed by atoms with Gasteiger partial charge in [0.05, 0.1) is 5.75 Å². The van der Waals surface area contributed by atoms with Gasteiger partial charge in [-0.1, -0.05) is 54.2 Å². The van der Waals surface area contributed by atoms with Crippen LogP contribution in [-0.2, 0) is 4.79 Å². The first kappa shape index (κ1) is 25.0. The molecule has 1 amide bonds. The molecule has 0 bridgehead atoms. The summed E-state index contributed by atoms with van der Waals surface area (Å²) in [6.45, 7) is 10.4. The Morgan fingerprint density at radius 3 is 2.40 bits per heavy atom. The molecule has 0 spiro atoms. The molecular weight excluding hydrogens is 458 g/mol. The van der Waals surface area contributed by atoms with Crippen LogP contribution in [0.25, 0.3) is 17.5 Å². The molecule has 2 aromatic carbocycles. The minimum atomic E-state index is 0.109. The Morgan fingerprint density at radius 2 is 1.71 bits per heavy atom. The zero-order chi connectivity index (χ0) is 24.5. The Balaban J connectivity index is 1.21. The Bertz CT molecular complexity index is 1090. The molecule has 4 rings (SSSR count). The van der Waals surface area contributed by atoms with E-state index < -0.39 is 0 Å². The van der Waals surface area contributed by atoms with Gasteiger partial charge in [-0.05, 0) is 43.7 Å². The van der Waals surface area contributed by atoms with Gasteiger partial charge in [-0.3, -0.25) is 9.69 Å². The Morgan fingerprint density at radius 1 is 1.00 bits per heavy atom. The maximum Gasteiger partial charge on any atom is 0.277 e. The number of anilines is 1. The molecule has 0 N–H and O–H groups in total. The van der Waals surface area contributed by atoms with Crippen molar-refractivity contribution in [3.05, 3.63) is 66.2 Å². The summed E-state index contributed by atoms with van der Waals surface area (Å²) in [5.41, 5.74) is 3.26. The van der Waals surface area contributed by atoms with E-state index in [0.717, 1.165) is 51.4 Å². The topological polar surface area (TPSA) is 65.7 Å². The fraction of sp³-hybridized carbons (Fsp3) is 0.370. The number of rotatable bonds is 10. The highest BCUT2D eigenvalue weighted by molar-refractivity contribution is 7.99. The van der Waals surface area contributed by atoms with Crippen molar-refractivity contribution in [2.45, 2.75) is 19.1 Å². The van der Waals surface area contributed by atoms with Crippen molar-refractivity contribution in [2.24, 2.45) is 0 Å². The minimum Gasteiger partial charge on any atom is -0.411 e. The highest BCUT2D eigenvalue weighted by Crippen LogP contribution is 2.25. The number of carbonyl (C=O) groups excluding carboxylic acids is 1. The Labute approximate surface area is 211 Å². The second-order valence-electron chi connectivity index (χ2n) is 8.38. The first-order valence-corrected chi connectivity index (χ1v) is 13.2. The van der Waals surface area contributed by atoms with Gasteiger partial charge >= 0.3 is 0 Å². The fourth-order valence-corrected chi connectivity index (χ4v) is 4.75. The molecule has 0 atom stereocenters. The van der Waals surface area contributed by atoms with Crippen molar-refractivity contribution in [1.29, 1.82) is 0 Å². The molecule has 0 saturated carbocycles. The molecule has 1 aliphatic rings. The van der Waals surface area contributed by atoms with Crippen LogP contribution in [0.4, 0.5) is 5.69 Å². The summed E-state index contributed by atoms with van der Waals surface area (Å²) >= 11 is 1.30. The average molecular weight is 492 g/mol. The number of nitrogens with zero attached hydrogens (tertiary/aromatic N) is 5. The molecule has 1 aromatic heterocycles. The number of hydrogen-bond donors (Lipinski definition) is 0. The van der Waals surface area contributed by atoms with Gasteiger partial charge in [-0.25, -0.2) is 0 Å². The molecule has 0 unspecified atom stereocenters. The molecule has 8 heteroatoms. The number of thioether (sulfide) groups is 1. The lowest BCUT2D eigenvalue weighted by Gasteiger charge is -2.34. The first-order chi connectivity index (χ1) is 17.2. The van der Waals surface area contributed by atoms with Crippen molar-refractivity contribution in [1.82, 2.24) is 20.0 Å². The number of hydrogen-bond acceptors (Lipinski definition) is 7. The van der Waals surface area contributed by atoms with Crippen LogP contribution in [0.15, 0.2) is 70.3 Å². The predicted octanol–water partition coefficient (Wildman–Crippen LogP) is 4.53. The molecule has 0 aliphatic carbocycles. The van der Waals surface area contributed by atoms with E-state index in [1.54, 1.807) is 0 Å². The van der Waals surface area contributed by atoms with Gasteiger partial charge in [0.2, 0.25) is 11.8 Å². The van der Waals surface area contributed by atoms with Gasteiger partial charge < -0.3 is 14.2 Å². The largest absolute Gasteiger partial charge is 0.411 e. The van der Waals surface area contributed by atoms with Crippen LogP contribution in [0.5, 0.6) is 0 Å². The van der Waals surface area contributed by atoms with Crippen molar-refractivity contribution >= 4 is 29.4 Å². The molecule has 1 aliphatic heterocycles. The van der Waals surface area contributed by atoms with Gasteiger partial charge in [0.15, 0.2) is 0 Å². The van der Waals surface area contributed by atoms with Crippen molar-refractivity contribution < 1.29 is 9.21 Å². The normalized spacial score (nSPS) is 14.5. The number of aromatic nitrogens is 2. The molecule has 35 heavy (non-hydrogen) atoms. The molecule has 2 heterocycles. The third kappa shape index (κ3) is 6.96. The number of carbonyl (C=O) groups is 1. The lowest BCUT2D eigenvalue weighted by molar-refractivity contribution is -0.130. The maximum atomic E-state index is 12.7. The van der Waals surface area contributed by atoms with E-state index in [1.807, 2.05) is 35.2 Å². The minimum absolute atomic E-state index is 0.109. The summed E-state index contributed by atoms with van der Waals surface area (Å²) < 4.78 is 5.80. The quantitative estimate of drug-likeness (QED) is 0.386. The van der Waals surface area contributed by atoms with Crippen LogP contribution < -0.4 is 4.90 Å². The SMILES string of the molecule is CCN(CC)c1ccc(-c2nnc(SCC(=O)N3CCN(C/C=C/c4ccccc4)CC3)o2)cc1. The summed E-state index contributed by atoms with van der Waals surface area (Å²) in [5, 5.41) is 8.70. The van der Waals surface area contributed by atoms with Crippen LogP contribution in [-0.4, -0.2) is 77.5 Å². The van der Waals surface area contributed by atoms with Crippen LogP contribution in [0.2, 0.25) is 0 Å². The standard InChI is InChI=1S/C27H33N5O2S/c1-3-31(4-2)24-14-12-23(13-15-24)26-28-29-27(34-26)35-21-25(33)32-19-17-30(18-20-32)16-8-11-22-9-6-5-7-10-22/h5-15H,3-4,16-21H2,1-2H3/b11-8+. The van der Waals surface area contributed by atoms with Crippen LogP contribution in [0.1, 0.15) is 19.4 Å². The lowest BCUT2D eigenvalue weighted by Crippen LogP contribution is -2.49. The van der Waals surface area contributed by atoms with Gasteiger partial charge in [0.1, 0.15) is 0 Å². The molecule has 0 radical (unpaired) electrons. The van der Waals surface area contributed by atoms with Crippen molar-refractivity contribution in [2.75, 3.05) is 56.5 Å². The molecule has 184 valence electrons. The average Bonchev–Trinajstić information content (AvgIpc) is 3.39. The van der Waals surface area contributed by atoms with Crippen LogP contribution in [0.3, 0.4) is 0 Å². The van der Waals surface area contributed by atoms with Crippen molar-refractivity contribution in [3.8, 4) is 11.5 Å². The van der Waals surface area contributed by atoms with E-state index in [9.17, 15) is 4.79 Å². The zero-order valence-electron chi connectivity index (χ0n) is 20.5. The second kappa shape index (κ2) is 12.6. The van der Waals surface area contributed by atoms with E-state index in [2.05, 4.69) is 70.3 Å². The molecule has 3 aromatic rings.